The normalized spacial score (nSPS) is 14.9. The Morgan fingerprint density at radius 2 is 1.85 bits per heavy atom. The van der Waals surface area contributed by atoms with Crippen molar-refractivity contribution in [2.24, 2.45) is 4.99 Å². The van der Waals surface area contributed by atoms with E-state index >= 15 is 0 Å². The molecule has 39 heavy (non-hydrogen) atoms. The summed E-state index contributed by atoms with van der Waals surface area (Å²) in [5, 5.41) is 10.9. The van der Waals surface area contributed by atoms with Crippen molar-refractivity contribution in [2.45, 2.75) is 19.6 Å². The lowest BCUT2D eigenvalue weighted by Gasteiger charge is -2.24. The van der Waals surface area contributed by atoms with Gasteiger partial charge in [-0.05, 0) is 54.0 Å². The Kier molecular flexibility index (Phi) is 7.20. The van der Waals surface area contributed by atoms with Crippen LogP contribution in [-0.4, -0.2) is 22.6 Å². The smallest absolute Gasteiger partial charge is 0.338 e. The van der Waals surface area contributed by atoms with Crippen molar-refractivity contribution >= 4 is 29.1 Å². The van der Waals surface area contributed by atoms with Crippen LogP contribution >= 0.6 is 11.3 Å². The van der Waals surface area contributed by atoms with Crippen LogP contribution < -0.4 is 19.6 Å². The number of allylic oxidation sites excluding steroid dienone is 1. The minimum absolute atomic E-state index is 0.0191. The fourth-order valence-electron chi connectivity index (χ4n) is 4.37. The van der Waals surface area contributed by atoms with Crippen molar-refractivity contribution in [1.82, 2.24) is 4.57 Å². The number of ether oxygens (including phenoxy) is 2. The Labute approximate surface area is 226 Å². The Hall–Kier alpha value is -4.83. The van der Waals surface area contributed by atoms with Gasteiger partial charge in [-0.3, -0.25) is 19.5 Å². The molecule has 1 aromatic heterocycles. The van der Waals surface area contributed by atoms with Crippen molar-refractivity contribution in [3.63, 3.8) is 0 Å². The molecule has 0 saturated carbocycles. The van der Waals surface area contributed by atoms with Crippen LogP contribution in [0, 0.1) is 10.1 Å². The molecule has 5 rings (SSSR count). The summed E-state index contributed by atoms with van der Waals surface area (Å²) in [7, 11) is 1.31. The van der Waals surface area contributed by atoms with E-state index in [1.165, 1.54) is 30.6 Å². The highest BCUT2D eigenvalue weighted by atomic mass is 32.1. The van der Waals surface area contributed by atoms with E-state index in [4.69, 9.17) is 9.47 Å². The first-order valence-electron chi connectivity index (χ1n) is 12.0. The molecular weight excluding hydrogens is 518 g/mol. The Balaban J connectivity index is 1.48. The van der Waals surface area contributed by atoms with Gasteiger partial charge in [0.25, 0.3) is 11.2 Å². The van der Waals surface area contributed by atoms with Crippen molar-refractivity contribution < 1.29 is 19.2 Å². The number of thiazole rings is 1. The number of carbonyl (C=O) groups excluding carboxylic acids is 1. The highest BCUT2D eigenvalue weighted by Gasteiger charge is 2.32. The third-order valence-corrected chi connectivity index (χ3v) is 7.23. The summed E-state index contributed by atoms with van der Waals surface area (Å²) in [5.74, 6) is 0.0538. The number of methoxy groups -OCH3 is 1. The van der Waals surface area contributed by atoms with Crippen LogP contribution in [0.2, 0.25) is 0 Å². The molecule has 1 atom stereocenters. The quantitative estimate of drug-likeness (QED) is 0.199. The number of esters is 1. The second kappa shape index (κ2) is 10.9. The monoisotopic (exact) mass is 541 g/mol. The molecule has 1 aliphatic rings. The van der Waals surface area contributed by atoms with E-state index in [9.17, 15) is 19.7 Å². The van der Waals surface area contributed by atoms with E-state index in [1.807, 2.05) is 48.5 Å². The van der Waals surface area contributed by atoms with E-state index in [0.717, 1.165) is 16.7 Å². The van der Waals surface area contributed by atoms with E-state index in [0.29, 0.717) is 26.4 Å². The lowest BCUT2D eigenvalue weighted by molar-refractivity contribution is -0.384. The Morgan fingerprint density at radius 1 is 1.10 bits per heavy atom. The van der Waals surface area contributed by atoms with Gasteiger partial charge < -0.3 is 9.47 Å². The van der Waals surface area contributed by atoms with Crippen LogP contribution in [0.15, 0.2) is 99.9 Å². The number of aromatic nitrogens is 1. The number of non-ortho nitro benzene ring substituents is 1. The third-order valence-electron chi connectivity index (χ3n) is 6.25. The highest BCUT2D eigenvalue weighted by Crippen LogP contribution is 2.30. The number of nitrogens with zero attached hydrogens (tertiary/aromatic N) is 3. The van der Waals surface area contributed by atoms with E-state index in [1.54, 1.807) is 35.8 Å². The van der Waals surface area contributed by atoms with Gasteiger partial charge in [0.05, 0.1) is 33.9 Å². The molecule has 3 aromatic carbocycles. The van der Waals surface area contributed by atoms with Crippen LogP contribution in [0.25, 0.3) is 6.08 Å². The summed E-state index contributed by atoms with van der Waals surface area (Å²) in [6.07, 6.45) is 1.77. The topological polar surface area (TPSA) is 113 Å². The lowest BCUT2D eigenvalue weighted by atomic mass is 9.96. The number of hydrogen-bond acceptors (Lipinski definition) is 8. The van der Waals surface area contributed by atoms with Crippen LogP contribution in [0.4, 0.5) is 5.69 Å². The zero-order valence-corrected chi connectivity index (χ0v) is 21.9. The molecule has 0 N–H and O–H groups in total. The van der Waals surface area contributed by atoms with Crippen LogP contribution in [-0.2, 0) is 16.1 Å². The molecule has 0 spiro atoms. The maximum absolute atomic E-state index is 13.7. The van der Waals surface area contributed by atoms with Gasteiger partial charge >= 0.3 is 5.97 Å². The highest BCUT2D eigenvalue weighted by molar-refractivity contribution is 7.07. The summed E-state index contributed by atoms with van der Waals surface area (Å²) >= 11 is 1.25. The standard InChI is InChI=1S/C29H23N3O6S/c1-18-25(28(34)37-2)26(21-8-4-3-5-9-21)31-27(33)24(39-29(31)30-18)16-20-7-6-10-23(15-20)38-17-19-11-13-22(14-12-19)32(35)36/h3-16,26H,17H2,1-2H3/b24-16-/t26-/m0/s1. The van der Waals surface area contributed by atoms with Gasteiger partial charge in [0.15, 0.2) is 4.80 Å². The second-order valence-corrected chi connectivity index (χ2v) is 9.78. The summed E-state index contributed by atoms with van der Waals surface area (Å²) in [6, 6.07) is 22.1. The molecule has 0 bridgehead atoms. The first-order chi connectivity index (χ1) is 18.9. The van der Waals surface area contributed by atoms with Crippen molar-refractivity contribution in [3.05, 3.63) is 137 Å². The maximum Gasteiger partial charge on any atom is 0.338 e. The summed E-state index contributed by atoms with van der Waals surface area (Å²) in [6.45, 7) is 1.97. The van der Waals surface area contributed by atoms with Gasteiger partial charge in [-0.2, -0.15) is 0 Å². The molecule has 0 fully saturated rings. The predicted octanol–water partition coefficient (Wildman–Crippen LogP) is 3.90. The van der Waals surface area contributed by atoms with Gasteiger partial charge in [-0.15, -0.1) is 0 Å². The molecule has 0 amide bonds. The van der Waals surface area contributed by atoms with Crippen molar-refractivity contribution in [1.29, 1.82) is 0 Å². The van der Waals surface area contributed by atoms with E-state index in [2.05, 4.69) is 4.99 Å². The molecular formula is C29H23N3O6S. The Bertz CT molecular complexity index is 1770. The first-order valence-corrected chi connectivity index (χ1v) is 12.8. The molecule has 9 nitrogen and oxygen atoms in total. The number of hydrogen-bond donors (Lipinski definition) is 0. The fraction of sp³-hybridized carbons (Fsp3) is 0.138. The van der Waals surface area contributed by atoms with E-state index in [-0.39, 0.29) is 17.9 Å². The number of fused-ring (bicyclic) bond motifs is 1. The zero-order valence-electron chi connectivity index (χ0n) is 21.1. The van der Waals surface area contributed by atoms with Gasteiger partial charge in [-0.25, -0.2) is 9.79 Å². The van der Waals surface area contributed by atoms with Crippen LogP contribution in [0.1, 0.15) is 29.7 Å². The van der Waals surface area contributed by atoms with Gasteiger partial charge in [0.2, 0.25) is 0 Å². The molecule has 1 aliphatic heterocycles. The average molecular weight is 542 g/mol. The Morgan fingerprint density at radius 3 is 2.54 bits per heavy atom. The number of carbonyl (C=O) groups is 1. The largest absolute Gasteiger partial charge is 0.489 e. The lowest BCUT2D eigenvalue weighted by Crippen LogP contribution is -2.39. The SMILES string of the molecule is COC(=O)C1=C(C)N=c2s/c(=C\c3cccc(OCc4ccc([N+](=O)[O-])cc4)c3)c(=O)n2[C@H]1c1ccccc1. The molecule has 0 saturated heterocycles. The molecule has 2 heterocycles. The molecule has 4 aromatic rings. The minimum atomic E-state index is -0.659. The number of nitro groups is 1. The molecule has 0 radical (unpaired) electrons. The summed E-state index contributed by atoms with van der Waals surface area (Å²) in [4.78, 5) is 41.9. The fourth-order valence-corrected chi connectivity index (χ4v) is 5.42. The molecule has 0 unspecified atom stereocenters. The summed E-state index contributed by atoms with van der Waals surface area (Å²) < 4.78 is 12.9. The zero-order chi connectivity index (χ0) is 27.5. The van der Waals surface area contributed by atoms with Crippen molar-refractivity contribution in [3.8, 4) is 5.75 Å². The molecule has 10 heteroatoms. The molecule has 0 aliphatic carbocycles. The van der Waals surface area contributed by atoms with Crippen LogP contribution in [0.3, 0.4) is 0 Å². The maximum atomic E-state index is 13.7. The number of benzene rings is 3. The van der Waals surface area contributed by atoms with Crippen molar-refractivity contribution in [2.75, 3.05) is 7.11 Å². The summed E-state index contributed by atoms with van der Waals surface area (Å²) in [5.41, 5.74) is 2.90. The second-order valence-electron chi connectivity index (χ2n) is 8.77. The van der Waals surface area contributed by atoms with Gasteiger partial charge in [-0.1, -0.05) is 53.8 Å². The number of nitro benzene ring substituents is 1. The minimum Gasteiger partial charge on any atom is -0.489 e. The third kappa shape index (κ3) is 5.27. The predicted molar refractivity (Wildman–Crippen MR) is 146 cm³/mol. The first kappa shape index (κ1) is 25.8. The van der Waals surface area contributed by atoms with Gasteiger partial charge in [0.1, 0.15) is 12.4 Å². The van der Waals surface area contributed by atoms with Crippen LogP contribution in [0.5, 0.6) is 5.75 Å². The van der Waals surface area contributed by atoms with E-state index < -0.39 is 16.9 Å². The molecule has 196 valence electrons. The average Bonchev–Trinajstić information content (AvgIpc) is 3.25. The van der Waals surface area contributed by atoms with Gasteiger partial charge in [0, 0.05) is 12.1 Å². The number of rotatable bonds is 7.